The lowest BCUT2D eigenvalue weighted by Crippen LogP contribution is -2.52. The van der Waals surface area contributed by atoms with Crippen LogP contribution in [0.4, 0.5) is 0 Å². The maximum absolute atomic E-state index is 13.3. The SMILES string of the molecule is CCCc1ccc(S(=O)(=O)N2CCC3(C2)CC2(C3)OB(O)c3cnc4[nH]ccc4c32)cc1. The molecule has 3 aromatic rings. The van der Waals surface area contributed by atoms with Gasteiger partial charge in [-0.15, -0.1) is 0 Å². The molecular formula is C23H26BN3O4S. The van der Waals surface area contributed by atoms with E-state index in [4.69, 9.17) is 4.65 Å². The number of hydrogen-bond donors (Lipinski definition) is 2. The number of sulfonamides is 1. The smallest absolute Gasteiger partial charge is 0.423 e. The van der Waals surface area contributed by atoms with Crippen molar-refractivity contribution >= 4 is 33.6 Å². The van der Waals surface area contributed by atoms with E-state index in [0.29, 0.717) is 30.8 Å². The third-order valence-electron chi connectivity index (χ3n) is 7.50. The van der Waals surface area contributed by atoms with Gasteiger partial charge in [-0.1, -0.05) is 25.5 Å². The molecule has 7 nitrogen and oxygen atoms in total. The molecular weight excluding hydrogens is 425 g/mol. The van der Waals surface area contributed by atoms with Crippen LogP contribution < -0.4 is 5.46 Å². The van der Waals surface area contributed by atoms with Gasteiger partial charge in [0.05, 0.1) is 10.5 Å². The summed E-state index contributed by atoms with van der Waals surface area (Å²) in [7, 11) is -4.51. The normalized spacial score (nSPS) is 27.5. The van der Waals surface area contributed by atoms with Gasteiger partial charge in [-0.25, -0.2) is 13.4 Å². The van der Waals surface area contributed by atoms with Crippen LogP contribution in [-0.4, -0.2) is 47.9 Å². The number of pyridine rings is 1. The average Bonchev–Trinajstić information content (AvgIpc) is 3.46. The van der Waals surface area contributed by atoms with E-state index < -0.39 is 22.7 Å². The van der Waals surface area contributed by atoms with E-state index in [9.17, 15) is 13.4 Å². The number of aromatic nitrogens is 2. The molecule has 32 heavy (non-hydrogen) atoms. The fourth-order valence-corrected chi connectivity index (χ4v) is 7.68. The second kappa shape index (κ2) is 6.90. The summed E-state index contributed by atoms with van der Waals surface area (Å²) in [4.78, 5) is 7.88. The van der Waals surface area contributed by atoms with Crippen molar-refractivity contribution in [2.24, 2.45) is 5.41 Å². The van der Waals surface area contributed by atoms with E-state index in [0.717, 1.165) is 46.9 Å². The van der Waals surface area contributed by atoms with Crippen molar-refractivity contribution in [3.8, 4) is 0 Å². The molecule has 2 N–H and O–H groups in total. The quantitative estimate of drug-likeness (QED) is 0.594. The number of nitrogens with zero attached hydrogens (tertiary/aromatic N) is 2. The molecule has 2 fully saturated rings. The standard InChI is InChI=1S/C23H26BN3O4S/c1-2-3-16-4-6-17(7-5-16)32(29,30)27-11-9-22(15-27)13-23(14-22)20-18-8-10-25-21(18)26-12-19(20)24(28)31-23/h4-8,10,12,28H,2-3,9,11,13-15H2,1H3,(H,25,26). The summed E-state index contributed by atoms with van der Waals surface area (Å²) in [6, 6.07) is 9.28. The van der Waals surface area contributed by atoms with Gasteiger partial charge in [-0.2, -0.15) is 4.31 Å². The van der Waals surface area contributed by atoms with Crippen LogP contribution in [0.5, 0.6) is 0 Å². The minimum Gasteiger partial charge on any atom is -0.423 e. The zero-order chi connectivity index (χ0) is 22.1. The Bertz CT molecular complexity index is 1300. The van der Waals surface area contributed by atoms with Crippen molar-refractivity contribution < 1.29 is 18.1 Å². The first-order chi connectivity index (χ1) is 15.4. The van der Waals surface area contributed by atoms with Gasteiger partial charge < -0.3 is 14.7 Å². The van der Waals surface area contributed by atoms with Crippen molar-refractivity contribution in [3.05, 3.63) is 53.9 Å². The zero-order valence-electron chi connectivity index (χ0n) is 18.0. The van der Waals surface area contributed by atoms with Crippen LogP contribution in [0, 0.1) is 5.41 Å². The molecule has 0 radical (unpaired) electrons. The molecule has 1 saturated carbocycles. The van der Waals surface area contributed by atoms with Crippen LogP contribution in [0.15, 0.2) is 47.6 Å². The molecule has 3 aliphatic rings. The number of H-pyrrole nitrogens is 1. The van der Waals surface area contributed by atoms with Gasteiger partial charge in [0.25, 0.3) is 0 Å². The molecule has 1 aliphatic carbocycles. The van der Waals surface area contributed by atoms with Gasteiger partial charge >= 0.3 is 7.12 Å². The number of rotatable bonds is 4. The van der Waals surface area contributed by atoms with Crippen LogP contribution in [0.2, 0.25) is 0 Å². The summed E-state index contributed by atoms with van der Waals surface area (Å²) >= 11 is 0. The van der Waals surface area contributed by atoms with E-state index in [-0.39, 0.29) is 5.41 Å². The number of hydrogen-bond acceptors (Lipinski definition) is 5. The third-order valence-corrected chi connectivity index (χ3v) is 9.36. The number of benzene rings is 1. The van der Waals surface area contributed by atoms with E-state index in [1.165, 1.54) is 0 Å². The molecule has 166 valence electrons. The Morgan fingerprint density at radius 1 is 1.25 bits per heavy atom. The highest BCUT2D eigenvalue weighted by atomic mass is 32.2. The Balaban J connectivity index is 1.25. The van der Waals surface area contributed by atoms with E-state index in [2.05, 4.69) is 16.9 Å². The molecule has 4 heterocycles. The Hall–Kier alpha value is -2.20. The summed E-state index contributed by atoms with van der Waals surface area (Å²) in [5.74, 6) is 0. The Labute approximate surface area is 188 Å². The molecule has 9 heteroatoms. The molecule has 0 atom stereocenters. The van der Waals surface area contributed by atoms with E-state index in [1.54, 1.807) is 22.6 Å². The Kier molecular flexibility index (Phi) is 4.40. The Morgan fingerprint density at radius 2 is 2.03 bits per heavy atom. The zero-order valence-corrected chi connectivity index (χ0v) is 18.9. The number of aryl methyl sites for hydroxylation is 1. The van der Waals surface area contributed by atoms with Crippen molar-refractivity contribution in [3.63, 3.8) is 0 Å². The minimum atomic E-state index is -3.52. The first-order valence-electron chi connectivity index (χ1n) is 11.3. The van der Waals surface area contributed by atoms with E-state index >= 15 is 0 Å². The van der Waals surface area contributed by atoms with Crippen molar-refractivity contribution in [2.75, 3.05) is 13.1 Å². The van der Waals surface area contributed by atoms with Gasteiger partial charge in [0, 0.05) is 36.3 Å². The largest absolute Gasteiger partial charge is 0.493 e. The maximum Gasteiger partial charge on any atom is 0.493 e. The van der Waals surface area contributed by atoms with Gasteiger partial charge in [-0.05, 0) is 60.4 Å². The van der Waals surface area contributed by atoms with Crippen LogP contribution in [0.3, 0.4) is 0 Å². The fraction of sp³-hybridized carbons (Fsp3) is 0.435. The predicted molar refractivity (Wildman–Crippen MR) is 122 cm³/mol. The third kappa shape index (κ3) is 2.84. The molecule has 0 amide bonds. The molecule has 1 saturated heterocycles. The van der Waals surface area contributed by atoms with Crippen LogP contribution >= 0.6 is 0 Å². The molecule has 0 bridgehead atoms. The summed E-state index contributed by atoms with van der Waals surface area (Å²) in [6.45, 7) is 3.12. The number of fused-ring (bicyclic) bond motifs is 4. The summed E-state index contributed by atoms with van der Waals surface area (Å²) in [5, 5.41) is 11.5. The molecule has 2 aliphatic heterocycles. The highest BCUT2D eigenvalue weighted by molar-refractivity contribution is 7.89. The van der Waals surface area contributed by atoms with E-state index in [1.807, 2.05) is 24.4 Å². The summed E-state index contributed by atoms with van der Waals surface area (Å²) in [6.07, 6.45) is 7.73. The monoisotopic (exact) mass is 451 g/mol. The minimum absolute atomic E-state index is 0.123. The van der Waals surface area contributed by atoms with Crippen molar-refractivity contribution in [2.45, 2.75) is 49.5 Å². The number of nitrogens with one attached hydrogen (secondary N) is 1. The molecule has 6 rings (SSSR count). The van der Waals surface area contributed by atoms with Crippen LogP contribution in [-0.2, 0) is 26.7 Å². The van der Waals surface area contributed by atoms with Gasteiger partial charge in [0.15, 0.2) is 0 Å². The first kappa shape index (κ1) is 20.4. The number of aromatic amines is 1. The first-order valence-corrected chi connectivity index (χ1v) is 12.7. The highest BCUT2D eigenvalue weighted by Crippen LogP contribution is 2.62. The van der Waals surface area contributed by atoms with Gasteiger partial charge in [-0.3, -0.25) is 0 Å². The fourth-order valence-electron chi connectivity index (χ4n) is 6.13. The van der Waals surface area contributed by atoms with Gasteiger partial charge in [0.2, 0.25) is 10.0 Å². The average molecular weight is 451 g/mol. The Morgan fingerprint density at radius 3 is 2.78 bits per heavy atom. The summed E-state index contributed by atoms with van der Waals surface area (Å²) in [5.41, 5.74) is 2.98. The maximum atomic E-state index is 13.3. The molecule has 1 aromatic carbocycles. The molecule has 0 unspecified atom stereocenters. The second-order valence-electron chi connectivity index (χ2n) is 9.63. The van der Waals surface area contributed by atoms with Crippen molar-refractivity contribution in [1.29, 1.82) is 0 Å². The lowest BCUT2D eigenvalue weighted by Gasteiger charge is -2.53. The topological polar surface area (TPSA) is 95.5 Å². The molecule has 2 spiro atoms. The van der Waals surface area contributed by atoms with Crippen LogP contribution in [0.1, 0.15) is 43.7 Å². The molecule has 2 aromatic heterocycles. The van der Waals surface area contributed by atoms with Crippen molar-refractivity contribution in [1.82, 2.24) is 14.3 Å². The second-order valence-corrected chi connectivity index (χ2v) is 11.6. The highest BCUT2D eigenvalue weighted by Gasteiger charge is 2.64. The van der Waals surface area contributed by atoms with Gasteiger partial charge in [0.1, 0.15) is 5.65 Å². The lowest BCUT2D eigenvalue weighted by molar-refractivity contribution is -0.108. The van der Waals surface area contributed by atoms with Crippen LogP contribution in [0.25, 0.3) is 11.0 Å². The predicted octanol–water partition coefficient (Wildman–Crippen LogP) is 2.30. The summed E-state index contributed by atoms with van der Waals surface area (Å²) < 4.78 is 34.3. The lowest BCUT2D eigenvalue weighted by atomic mass is 9.56.